The summed E-state index contributed by atoms with van der Waals surface area (Å²) in [4.78, 5) is 11.4. The molecular weight excluding hydrogens is 286 g/mol. The van der Waals surface area contributed by atoms with E-state index in [0.29, 0.717) is 10.9 Å². The van der Waals surface area contributed by atoms with E-state index in [1.54, 1.807) is 6.92 Å². The molecule has 0 aliphatic carbocycles. The number of alkyl halides is 1. The van der Waals surface area contributed by atoms with E-state index in [9.17, 15) is 9.18 Å². The highest BCUT2D eigenvalue weighted by Gasteiger charge is 2.13. The molecule has 0 fully saturated rings. The predicted octanol–water partition coefficient (Wildman–Crippen LogP) is 3.55. The molecule has 0 atom stereocenters. The maximum absolute atomic E-state index is 13.3. The largest absolute Gasteiger partial charge is 0.462 e. The van der Waals surface area contributed by atoms with E-state index < -0.39 is 11.8 Å². The molecule has 0 unspecified atom stereocenters. The Labute approximate surface area is 101 Å². The summed E-state index contributed by atoms with van der Waals surface area (Å²) in [5, 5.41) is 0.223. The minimum absolute atomic E-state index is 0.0741. The van der Waals surface area contributed by atoms with Crippen molar-refractivity contribution < 1.29 is 13.9 Å². The lowest BCUT2D eigenvalue weighted by Gasteiger charge is -2.06. The monoisotopic (exact) mass is 294 g/mol. The summed E-state index contributed by atoms with van der Waals surface area (Å²) in [6, 6.07) is 2.69. The number of esters is 1. The van der Waals surface area contributed by atoms with Crippen LogP contribution in [0.3, 0.4) is 0 Å². The number of halogens is 3. The first-order valence-electron chi connectivity index (χ1n) is 4.31. The zero-order valence-corrected chi connectivity index (χ0v) is 10.4. The average Bonchev–Trinajstić information content (AvgIpc) is 2.22. The lowest BCUT2D eigenvalue weighted by Crippen LogP contribution is -2.06. The van der Waals surface area contributed by atoms with Gasteiger partial charge in [-0.15, -0.1) is 0 Å². The number of hydrogen-bond donors (Lipinski definition) is 0. The van der Waals surface area contributed by atoms with Gasteiger partial charge in [-0.3, -0.25) is 0 Å². The van der Waals surface area contributed by atoms with Crippen LogP contribution in [0.2, 0.25) is 5.02 Å². The molecule has 2 nitrogen and oxygen atoms in total. The van der Waals surface area contributed by atoms with Crippen LogP contribution in [0.4, 0.5) is 4.39 Å². The van der Waals surface area contributed by atoms with Crippen LogP contribution in [0.25, 0.3) is 0 Å². The maximum atomic E-state index is 13.3. The van der Waals surface area contributed by atoms with Crippen LogP contribution in [0.15, 0.2) is 12.1 Å². The first-order valence-corrected chi connectivity index (χ1v) is 5.81. The molecule has 0 aliphatic heterocycles. The average molecular weight is 296 g/mol. The zero-order chi connectivity index (χ0) is 11.4. The number of carbonyl (C=O) groups is 1. The van der Waals surface area contributed by atoms with Crippen molar-refractivity contribution in [1.82, 2.24) is 0 Å². The molecule has 0 aliphatic rings. The summed E-state index contributed by atoms with van der Waals surface area (Å²) >= 11 is 8.75. The second kappa shape index (κ2) is 5.47. The zero-order valence-electron chi connectivity index (χ0n) is 8.02. The van der Waals surface area contributed by atoms with Crippen LogP contribution >= 0.6 is 27.5 Å². The Kier molecular flexibility index (Phi) is 4.54. The van der Waals surface area contributed by atoms with E-state index in [1.165, 1.54) is 12.1 Å². The minimum atomic E-state index is -0.512. The van der Waals surface area contributed by atoms with Crippen molar-refractivity contribution in [1.29, 1.82) is 0 Å². The SMILES string of the molecule is CCOC(=O)c1cc(Cl)c(F)c(CBr)c1. The van der Waals surface area contributed by atoms with Crippen LogP contribution in [0.5, 0.6) is 0 Å². The smallest absolute Gasteiger partial charge is 0.338 e. The summed E-state index contributed by atoms with van der Waals surface area (Å²) in [5.41, 5.74) is 0.600. The highest BCUT2D eigenvalue weighted by molar-refractivity contribution is 9.08. The molecule has 82 valence electrons. The highest BCUT2D eigenvalue weighted by Crippen LogP contribution is 2.23. The Morgan fingerprint density at radius 2 is 2.27 bits per heavy atom. The van der Waals surface area contributed by atoms with Crippen LogP contribution in [0, 0.1) is 5.82 Å². The Morgan fingerprint density at radius 3 is 2.80 bits per heavy atom. The molecule has 0 aromatic heterocycles. The van der Waals surface area contributed by atoms with Gasteiger partial charge in [0.25, 0.3) is 0 Å². The van der Waals surface area contributed by atoms with Crippen LogP contribution in [0.1, 0.15) is 22.8 Å². The Hall–Kier alpha value is -0.610. The minimum Gasteiger partial charge on any atom is -0.462 e. The molecule has 15 heavy (non-hydrogen) atoms. The number of benzene rings is 1. The van der Waals surface area contributed by atoms with Crippen molar-refractivity contribution in [2.75, 3.05) is 6.61 Å². The third-order valence-corrected chi connectivity index (χ3v) is 2.64. The molecule has 0 amide bonds. The summed E-state index contributed by atoms with van der Waals surface area (Å²) in [6.45, 7) is 1.98. The molecule has 5 heteroatoms. The fourth-order valence-electron chi connectivity index (χ4n) is 1.08. The van der Waals surface area contributed by atoms with Gasteiger partial charge in [-0.2, -0.15) is 0 Å². The molecule has 1 aromatic rings. The lowest BCUT2D eigenvalue weighted by atomic mass is 10.1. The van der Waals surface area contributed by atoms with Gasteiger partial charge in [0, 0.05) is 10.9 Å². The Bertz CT molecular complexity index is 382. The highest BCUT2D eigenvalue weighted by atomic mass is 79.9. The molecule has 0 saturated carbocycles. The van der Waals surface area contributed by atoms with Gasteiger partial charge in [0.05, 0.1) is 17.2 Å². The summed E-state index contributed by atoms with van der Waals surface area (Å²) in [6.07, 6.45) is 0. The van der Waals surface area contributed by atoms with E-state index in [-0.39, 0.29) is 17.2 Å². The molecule has 1 aromatic carbocycles. The van der Waals surface area contributed by atoms with Crippen molar-refractivity contribution in [2.45, 2.75) is 12.3 Å². The van der Waals surface area contributed by atoms with Crippen molar-refractivity contribution in [2.24, 2.45) is 0 Å². The third kappa shape index (κ3) is 2.92. The van der Waals surface area contributed by atoms with Crippen LogP contribution < -0.4 is 0 Å². The predicted molar refractivity (Wildman–Crippen MR) is 60.0 cm³/mol. The van der Waals surface area contributed by atoms with Gasteiger partial charge in [0.1, 0.15) is 5.82 Å². The molecule has 0 saturated heterocycles. The second-order valence-corrected chi connectivity index (χ2v) is 3.75. The van der Waals surface area contributed by atoms with Crippen molar-refractivity contribution >= 4 is 33.5 Å². The first kappa shape index (κ1) is 12.5. The van der Waals surface area contributed by atoms with Gasteiger partial charge < -0.3 is 4.74 Å². The third-order valence-electron chi connectivity index (χ3n) is 1.76. The second-order valence-electron chi connectivity index (χ2n) is 2.79. The first-order chi connectivity index (χ1) is 7.10. The number of hydrogen-bond acceptors (Lipinski definition) is 2. The fourth-order valence-corrected chi connectivity index (χ4v) is 1.72. The molecule has 0 bridgehead atoms. The number of rotatable bonds is 3. The van der Waals surface area contributed by atoms with Gasteiger partial charge in [-0.05, 0) is 19.1 Å². The quantitative estimate of drug-likeness (QED) is 0.629. The summed E-state index contributed by atoms with van der Waals surface area (Å²) in [5.74, 6) is -1.01. The van der Waals surface area contributed by atoms with E-state index in [4.69, 9.17) is 16.3 Å². The molecule has 0 heterocycles. The van der Waals surface area contributed by atoms with Gasteiger partial charge >= 0.3 is 5.97 Å². The molecule has 1 rings (SSSR count). The lowest BCUT2D eigenvalue weighted by molar-refractivity contribution is 0.0526. The van der Waals surface area contributed by atoms with Gasteiger partial charge in [-0.25, -0.2) is 9.18 Å². The van der Waals surface area contributed by atoms with Crippen LogP contribution in [-0.2, 0) is 10.1 Å². The summed E-state index contributed by atoms with van der Waals surface area (Å²) in [7, 11) is 0. The maximum Gasteiger partial charge on any atom is 0.338 e. The van der Waals surface area contributed by atoms with Crippen LogP contribution in [-0.4, -0.2) is 12.6 Å². The molecule has 0 spiro atoms. The van der Waals surface area contributed by atoms with E-state index >= 15 is 0 Å². The number of ether oxygens (including phenoxy) is 1. The van der Waals surface area contributed by atoms with Gasteiger partial charge in [0.2, 0.25) is 0 Å². The fraction of sp³-hybridized carbons (Fsp3) is 0.300. The molecule has 0 N–H and O–H groups in total. The van der Waals surface area contributed by atoms with E-state index in [2.05, 4.69) is 15.9 Å². The number of carbonyl (C=O) groups excluding carboxylic acids is 1. The molecule has 0 radical (unpaired) electrons. The Morgan fingerprint density at radius 1 is 1.60 bits per heavy atom. The van der Waals surface area contributed by atoms with Gasteiger partial charge in [0.15, 0.2) is 0 Å². The van der Waals surface area contributed by atoms with E-state index in [1.807, 2.05) is 0 Å². The van der Waals surface area contributed by atoms with Gasteiger partial charge in [-0.1, -0.05) is 27.5 Å². The molecular formula is C10H9BrClFO2. The normalized spacial score (nSPS) is 10.1. The topological polar surface area (TPSA) is 26.3 Å². The van der Waals surface area contributed by atoms with Crippen molar-refractivity contribution in [3.63, 3.8) is 0 Å². The van der Waals surface area contributed by atoms with Crippen molar-refractivity contribution in [3.8, 4) is 0 Å². The van der Waals surface area contributed by atoms with E-state index in [0.717, 1.165) is 0 Å². The Balaban J connectivity index is 3.10. The van der Waals surface area contributed by atoms with Crippen molar-refractivity contribution in [3.05, 3.63) is 34.1 Å². The standard InChI is InChI=1S/C10H9BrClFO2/c1-2-15-10(14)6-3-7(5-11)9(13)8(12)4-6/h3-4H,2,5H2,1H3. The summed E-state index contributed by atoms with van der Waals surface area (Å²) < 4.78 is 18.1.